The van der Waals surface area contributed by atoms with Gasteiger partial charge in [-0.1, -0.05) is 11.1 Å². The minimum absolute atomic E-state index is 0.423. The van der Waals surface area contributed by atoms with Gasteiger partial charge in [-0.3, -0.25) is 0 Å². The quantitative estimate of drug-likeness (QED) is 0.615. The molecular weight excluding hydrogens is 160 g/mol. The van der Waals surface area contributed by atoms with Crippen molar-refractivity contribution in [2.24, 2.45) is 5.41 Å². The molecule has 0 bridgehead atoms. The van der Waals surface area contributed by atoms with Gasteiger partial charge in [-0.05, 0) is 26.7 Å². The molecule has 0 aromatic heterocycles. The molecule has 0 aliphatic rings. The first kappa shape index (κ1) is 11.5. The Morgan fingerprint density at radius 1 is 1.08 bits per heavy atom. The van der Waals surface area contributed by atoms with E-state index in [9.17, 15) is 0 Å². The second-order valence-electron chi connectivity index (χ2n) is 3.57. The number of hydrogen-bond donors (Lipinski definition) is 0. The Balaban J connectivity index is 4.75. The summed E-state index contributed by atoms with van der Waals surface area (Å²) in [6, 6.07) is 4.09. The van der Waals surface area contributed by atoms with Crippen molar-refractivity contribution in [3.8, 4) is 12.1 Å². The van der Waals surface area contributed by atoms with E-state index in [4.69, 9.17) is 10.5 Å². The Hall–Kier alpha value is -1.54. The number of hydrogen-bond acceptors (Lipinski definition) is 2. The SMILES string of the molecule is C=C(C)CC(C#N)(C#N)CC(=C)C. The lowest BCUT2D eigenvalue weighted by molar-refractivity contribution is 0.511. The van der Waals surface area contributed by atoms with Crippen molar-refractivity contribution in [3.63, 3.8) is 0 Å². The van der Waals surface area contributed by atoms with Gasteiger partial charge in [0.05, 0.1) is 12.1 Å². The van der Waals surface area contributed by atoms with Gasteiger partial charge in [0.2, 0.25) is 0 Å². The van der Waals surface area contributed by atoms with Crippen molar-refractivity contribution in [2.75, 3.05) is 0 Å². The van der Waals surface area contributed by atoms with E-state index in [1.807, 2.05) is 26.0 Å². The molecule has 0 amide bonds. The highest BCUT2D eigenvalue weighted by Gasteiger charge is 2.29. The van der Waals surface area contributed by atoms with Crippen molar-refractivity contribution in [3.05, 3.63) is 24.3 Å². The predicted molar refractivity (Wildman–Crippen MR) is 52.5 cm³/mol. The van der Waals surface area contributed by atoms with E-state index in [1.54, 1.807) is 0 Å². The predicted octanol–water partition coefficient (Wildman–Crippen LogP) is 2.95. The van der Waals surface area contributed by atoms with Gasteiger partial charge in [-0.2, -0.15) is 10.5 Å². The minimum atomic E-state index is -0.961. The number of nitrogens with zero attached hydrogens (tertiary/aromatic N) is 2. The topological polar surface area (TPSA) is 47.6 Å². The summed E-state index contributed by atoms with van der Waals surface area (Å²) in [6.45, 7) is 11.1. The van der Waals surface area contributed by atoms with Crippen molar-refractivity contribution in [2.45, 2.75) is 26.7 Å². The van der Waals surface area contributed by atoms with Crippen LogP contribution in [-0.2, 0) is 0 Å². The van der Waals surface area contributed by atoms with Crippen LogP contribution in [0, 0.1) is 28.1 Å². The zero-order valence-electron chi connectivity index (χ0n) is 8.22. The van der Waals surface area contributed by atoms with Crippen molar-refractivity contribution >= 4 is 0 Å². The van der Waals surface area contributed by atoms with Gasteiger partial charge in [-0.25, -0.2) is 0 Å². The number of nitriles is 2. The second kappa shape index (κ2) is 4.48. The molecule has 0 heterocycles. The van der Waals surface area contributed by atoms with E-state index in [1.165, 1.54) is 0 Å². The summed E-state index contributed by atoms with van der Waals surface area (Å²) in [6.07, 6.45) is 0.847. The maximum atomic E-state index is 8.92. The van der Waals surface area contributed by atoms with Crippen LogP contribution >= 0.6 is 0 Å². The normalized spacial score (nSPS) is 9.85. The van der Waals surface area contributed by atoms with Gasteiger partial charge in [0, 0.05) is 0 Å². The van der Waals surface area contributed by atoms with Gasteiger partial charge in [0.1, 0.15) is 0 Å². The summed E-state index contributed by atoms with van der Waals surface area (Å²) >= 11 is 0. The van der Waals surface area contributed by atoms with E-state index < -0.39 is 5.41 Å². The maximum absolute atomic E-state index is 8.92. The molecule has 0 radical (unpaired) electrons. The standard InChI is InChI=1S/C11H14N2/c1-9(2)5-11(7-12,8-13)6-10(3)4/h1,3,5-6H2,2,4H3. The van der Waals surface area contributed by atoms with Gasteiger partial charge >= 0.3 is 0 Å². The first-order valence-corrected chi connectivity index (χ1v) is 4.07. The van der Waals surface area contributed by atoms with E-state index >= 15 is 0 Å². The van der Waals surface area contributed by atoms with Crippen LogP contribution in [0.15, 0.2) is 24.3 Å². The zero-order chi connectivity index (χ0) is 10.5. The van der Waals surface area contributed by atoms with Crippen LogP contribution in [0.4, 0.5) is 0 Å². The molecule has 0 fully saturated rings. The Labute approximate surface area is 79.8 Å². The highest BCUT2D eigenvalue weighted by atomic mass is 14.4. The van der Waals surface area contributed by atoms with Crippen molar-refractivity contribution in [1.82, 2.24) is 0 Å². The molecule has 68 valence electrons. The monoisotopic (exact) mass is 174 g/mol. The van der Waals surface area contributed by atoms with Crippen LogP contribution in [0.2, 0.25) is 0 Å². The zero-order valence-corrected chi connectivity index (χ0v) is 8.22. The molecule has 0 spiro atoms. The summed E-state index contributed by atoms with van der Waals surface area (Å²) in [5, 5.41) is 17.8. The van der Waals surface area contributed by atoms with Crippen molar-refractivity contribution in [1.29, 1.82) is 10.5 Å². The Kier molecular flexibility index (Phi) is 3.95. The molecule has 0 aliphatic carbocycles. The van der Waals surface area contributed by atoms with Gasteiger partial charge in [0.15, 0.2) is 5.41 Å². The summed E-state index contributed by atoms with van der Waals surface area (Å²) in [7, 11) is 0. The van der Waals surface area contributed by atoms with Gasteiger partial charge in [0.25, 0.3) is 0 Å². The molecule has 0 rings (SSSR count). The third-order valence-corrected chi connectivity index (χ3v) is 1.64. The molecule has 2 nitrogen and oxygen atoms in total. The molecule has 13 heavy (non-hydrogen) atoms. The smallest absolute Gasteiger partial charge is 0.151 e. The van der Waals surface area contributed by atoms with E-state index in [-0.39, 0.29) is 0 Å². The molecule has 0 aromatic rings. The van der Waals surface area contributed by atoms with E-state index in [0.29, 0.717) is 12.8 Å². The summed E-state index contributed by atoms with van der Waals surface area (Å²) in [5.41, 5.74) is 0.742. The van der Waals surface area contributed by atoms with Crippen LogP contribution in [0.1, 0.15) is 26.7 Å². The average molecular weight is 174 g/mol. The lowest BCUT2D eigenvalue weighted by atomic mass is 9.80. The second-order valence-corrected chi connectivity index (χ2v) is 3.57. The van der Waals surface area contributed by atoms with Gasteiger partial charge < -0.3 is 0 Å². The first-order valence-electron chi connectivity index (χ1n) is 4.07. The first-order chi connectivity index (χ1) is 5.95. The largest absolute Gasteiger partial charge is 0.197 e. The molecule has 0 saturated carbocycles. The fourth-order valence-corrected chi connectivity index (χ4v) is 1.28. The van der Waals surface area contributed by atoms with E-state index in [0.717, 1.165) is 11.1 Å². The van der Waals surface area contributed by atoms with Crippen LogP contribution in [0.25, 0.3) is 0 Å². The minimum Gasteiger partial charge on any atom is -0.197 e. The maximum Gasteiger partial charge on any atom is 0.151 e. The molecule has 0 saturated heterocycles. The Morgan fingerprint density at radius 3 is 1.54 bits per heavy atom. The number of allylic oxidation sites excluding steroid dienone is 2. The Bertz CT molecular complexity index is 267. The molecular formula is C11H14N2. The van der Waals surface area contributed by atoms with Crippen LogP contribution in [-0.4, -0.2) is 0 Å². The molecule has 0 aliphatic heterocycles. The van der Waals surface area contributed by atoms with Crippen LogP contribution in [0.5, 0.6) is 0 Å². The fraction of sp³-hybridized carbons (Fsp3) is 0.455. The van der Waals surface area contributed by atoms with Crippen molar-refractivity contribution < 1.29 is 0 Å². The summed E-state index contributed by atoms with van der Waals surface area (Å²) in [5.74, 6) is 0. The highest BCUT2D eigenvalue weighted by molar-refractivity contribution is 5.22. The summed E-state index contributed by atoms with van der Waals surface area (Å²) in [4.78, 5) is 0. The fourth-order valence-electron chi connectivity index (χ4n) is 1.28. The summed E-state index contributed by atoms with van der Waals surface area (Å²) < 4.78 is 0. The third-order valence-electron chi connectivity index (χ3n) is 1.64. The molecule has 0 aromatic carbocycles. The van der Waals surface area contributed by atoms with E-state index in [2.05, 4.69) is 13.2 Å². The lowest BCUT2D eigenvalue weighted by Gasteiger charge is -2.18. The molecule has 0 unspecified atom stereocenters. The Morgan fingerprint density at radius 2 is 1.38 bits per heavy atom. The average Bonchev–Trinajstić information content (AvgIpc) is 2.01. The molecule has 0 N–H and O–H groups in total. The van der Waals surface area contributed by atoms with Crippen LogP contribution in [0.3, 0.4) is 0 Å². The lowest BCUT2D eigenvalue weighted by Crippen LogP contribution is -2.16. The number of rotatable bonds is 4. The highest BCUT2D eigenvalue weighted by Crippen LogP contribution is 2.30. The van der Waals surface area contributed by atoms with Crippen LogP contribution < -0.4 is 0 Å². The van der Waals surface area contributed by atoms with Gasteiger partial charge in [-0.15, -0.1) is 13.2 Å². The third kappa shape index (κ3) is 3.58. The molecule has 0 atom stereocenters. The molecule has 2 heteroatoms.